The largest absolute Gasteiger partial charge is 0.329 e. The average Bonchev–Trinajstić information content (AvgIpc) is 3.47. The number of nitrogens with zero attached hydrogens (tertiary/aromatic N) is 5. The van der Waals surface area contributed by atoms with E-state index in [1.807, 2.05) is 22.0 Å². The van der Waals surface area contributed by atoms with Crippen molar-refractivity contribution in [2.24, 2.45) is 0 Å². The standard InChI is InChI=1S/C21H22ClN5O3S/c1-2-15(31(29)30)10-18-16(24-20-9-13(22)6-8-25(18)20)12-26-19-11-23-7-5-17(19)27(21(26)28)14-3-4-14/h5-9,11,14-15,31H,2-4,10,12H2,1H3. The van der Waals surface area contributed by atoms with E-state index in [1.165, 1.54) is 0 Å². The summed E-state index contributed by atoms with van der Waals surface area (Å²) in [5.74, 6) is 0. The molecule has 0 saturated heterocycles. The van der Waals surface area contributed by atoms with Crippen molar-refractivity contribution in [1.29, 1.82) is 0 Å². The minimum absolute atomic E-state index is 0.0894. The molecule has 0 N–H and O–H groups in total. The van der Waals surface area contributed by atoms with Crippen molar-refractivity contribution >= 4 is 39.0 Å². The zero-order valence-corrected chi connectivity index (χ0v) is 18.6. The Balaban J connectivity index is 1.67. The predicted molar refractivity (Wildman–Crippen MR) is 120 cm³/mol. The van der Waals surface area contributed by atoms with E-state index < -0.39 is 16.0 Å². The zero-order valence-electron chi connectivity index (χ0n) is 16.9. The van der Waals surface area contributed by atoms with E-state index in [1.54, 1.807) is 35.3 Å². The van der Waals surface area contributed by atoms with Crippen LogP contribution in [0.15, 0.2) is 41.6 Å². The summed E-state index contributed by atoms with van der Waals surface area (Å²) in [6.07, 6.45) is 8.00. The molecule has 1 saturated carbocycles. The quantitative estimate of drug-likeness (QED) is 0.429. The van der Waals surface area contributed by atoms with Crippen LogP contribution in [0, 0.1) is 0 Å². The maximum atomic E-state index is 13.3. The Bertz CT molecular complexity index is 1420. The third kappa shape index (κ3) is 3.55. The van der Waals surface area contributed by atoms with Gasteiger partial charge in [-0.3, -0.25) is 14.1 Å². The van der Waals surface area contributed by atoms with Crippen LogP contribution in [0.25, 0.3) is 16.7 Å². The second-order valence-electron chi connectivity index (χ2n) is 7.96. The maximum Gasteiger partial charge on any atom is 0.329 e. The second-order valence-corrected chi connectivity index (χ2v) is 9.70. The summed E-state index contributed by atoms with van der Waals surface area (Å²) in [7, 11) is -2.58. The third-order valence-corrected chi connectivity index (χ3v) is 7.33. The van der Waals surface area contributed by atoms with Gasteiger partial charge in [0.1, 0.15) is 16.4 Å². The van der Waals surface area contributed by atoms with Crippen molar-refractivity contribution in [3.63, 3.8) is 0 Å². The molecule has 0 amide bonds. The lowest BCUT2D eigenvalue weighted by Gasteiger charge is -2.10. The van der Waals surface area contributed by atoms with Crippen molar-refractivity contribution in [3.8, 4) is 0 Å². The van der Waals surface area contributed by atoms with Crippen molar-refractivity contribution in [2.45, 2.75) is 50.4 Å². The molecule has 0 spiro atoms. The number of hydrogen-bond donors (Lipinski definition) is 1. The van der Waals surface area contributed by atoms with E-state index in [4.69, 9.17) is 16.6 Å². The highest BCUT2D eigenvalue weighted by Crippen LogP contribution is 2.36. The molecule has 1 fully saturated rings. The molecule has 4 aromatic heterocycles. The molecule has 4 heterocycles. The molecular formula is C21H22ClN5O3S. The molecule has 0 bridgehead atoms. The second kappa shape index (κ2) is 7.80. The molecule has 162 valence electrons. The van der Waals surface area contributed by atoms with E-state index in [0.717, 1.165) is 29.6 Å². The van der Waals surface area contributed by atoms with Crippen LogP contribution in [0.2, 0.25) is 5.02 Å². The minimum atomic E-state index is -2.58. The van der Waals surface area contributed by atoms with Gasteiger partial charge in [0.05, 0.1) is 34.7 Å². The summed E-state index contributed by atoms with van der Waals surface area (Å²) < 4.78 is 28.9. The normalized spacial score (nSPS) is 15.3. The molecule has 1 atom stereocenters. The van der Waals surface area contributed by atoms with Gasteiger partial charge in [-0.1, -0.05) is 18.5 Å². The van der Waals surface area contributed by atoms with E-state index in [2.05, 4.69) is 4.98 Å². The van der Waals surface area contributed by atoms with Gasteiger partial charge < -0.3 is 4.40 Å². The summed E-state index contributed by atoms with van der Waals surface area (Å²) in [5.41, 5.74) is 3.60. The summed E-state index contributed by atoms with van der Waals surface area (Å²) in [6.45, 7) is 2.09. The van der Waals surface area contributed by atoms with Crippen molar-refractivity contribution in [2.75, 3.05) is 0 Å². The number of aromatic nitrogens is 5. The minimum Gasteiger partial charge on any atom is -0.304 e. The summed E-state index contributed by atoms with van der Waals surface area (Å²) in [6, 6.07) is 5.58. The first kappa shape index (κ1) is 20.3. The van der Waals surface area contributed by atoms with Crippen LogP contribution in [0.4, 0.5) is 0 Å². The van der Waals surface area contributed by atoms with Crippen molar-refractivity contribution in [1.82, 2.24) is 23.5 Å². The fourth-order valence-corrected chi connectivity index (χ4v) is 4.94. The molecule has 0 radical (unpaired) electrons. The number of halogens is 1. The van der Waals surface area contributed by atoms with Gasteiger partial charge in [0.15, 0.2) is 0 Å². The topological polar surface area (TPSA) is 91.3 Å². The van der Waals surface area contributed by atoms with Crippen LogP contribution in [0.5, 0.6) is 0 Å². The van der Waals surface area contributed by atoms with Gasteiger partial charge in [0, 0.05) is 41.6 Å². The number of hydrogen-bond acceptors (Lipinski definition) is 5. The van der Waals surface area contributed by atoms with Gasteiger partial charge in [-0.05, 0) is 31.4 Å². The number of pyridine rings is 2. The first-order valence-corrected chi connectivity index (χ1v) is 11.9. The molecular weight excluding hydrogens is 438 g/mol. The molecule has 5 rings (SSSR count). The molecule has 1 aliphatic carbocycles. The molecule has 8 nitrogen and oxygen atoms in total. The Labute approximate surface area is 185 Å². The first-order valence-electron chi connectivity index (χ1n) is 10.3. The van der Waals surface area contributed by atoms with Crippen LogP contribution >= 0.6 is 11.6 Å². The van der Waals surface area contributed by atoms with Crippen LogP contribution in [-0.2, 0) is 23.7 Å². The summed E-state index contributed by atoms with van der Waals surface area (Å²) in [4.78, 5) is 22.2. The van der Waals surface area contributed by atoms with E-state index in [0.29, 0.717) is 29.2 Å². The van der Waals surface area contributed by atoms with Crippen LogP contribution < -0.4 is 5.69 Å². The van der Waals surface area contributed by atoms with Gasteiger partial charge >= 0.3 is 5.69 Å². The van der Waals surface area contributed by atoms with Crippen LogP contribution in [-0.4, -0.2) is 37.2 Å². The Morgan fingerprint density at radius 3 is 2.77 bits per heavy atom. The predicted octanol–water partition coefficient (Wildman–Crippen LogP) is 2.81. The number of thiol groups is 1. The third-order valence-electron chi connectivity index (χ3n) is 5.95. The van der Waals surface area contributed by atoms with Crippen LogP contribution in [0.1, 0.15) is 43.6 Å². The maximum absolute atomic E-state index is 13.3. The molecule has 1 unspecified atom stereocenters. The summed E-state index contributed by atoms with van der Waals surface area (Å²) in [5, 5.41) is 0.0415. The van der Waals surface area contributed by atoms with Crippen LogP contribution in [0.3, 0.4) is 0 Å². The SMILES string of the molecule is CCC(Cc1c(Cn2c(=O)n(C3CC3)c3ccncc32)nc2cc(Cl)ccn12)[SH](=O)=O. The van der Waals surface area contributed by atoms with E-state index in [9.17, 15) is 13.2 Å². The highest BCUT2D eigenvalue weighted by Gasteiger charge is 2.29. The fourth-order valence-electron chi connectivity index (χ4n) is 4.17. The Morgan fingerprint density at radius 1 is 1.26 bits per heavy atom. The van der Waals surface area contributed by atoms with Gasteiger partial charge in [-0.2, -0.15) is 0 Å². The van der Waals surface area contributed by atoms with Gasteiger partial charge in [0.2, 0.25) is 0 Å². The molecule has 1 aliphatic rings. The fraction of sp³-hybridized carbons (Fsp3) is 0.381. The Hall–Kier alpha value is -2.65. The van der Waals surface area contributed by atoms with E-state index in [-0.39, 0.29) is 18.3 Å². The highest BCUT2D eigenvalue weighted by molar-refractivity contribution is 7.73. The van der Waals surface area contributed by atoms with Gasteiger partial charge in [0.25, 0.3) is 0 Å². The molecule has 31 heavy (non-hydrogen) atoms. The monoisotopic (exact) mass is 459 g/mol. The molecule has 4 aromatic rings. The molecule has 0 aliphatic heterocycles. The highest BCUT2D eigenvalue weighted by atomic mass is 35.5. The lowest BCUT2D eigenvalue weighted by atomic mass is 10.1. The molecule has 10 heteroatoms. The number of imidazole rings is 2. The van der Waals surface area contributed by atoms with Gasteiger partial charge in [-0.15, -0.1) is 0 Å². The van der Waals surface area contributed by atoms with Crippen molar-refractivity contribution in [3.05, 3.63) is 63.7 Å². The smallest absolute Gasteiger partial charge is 0.304 e. The first-order chi connectivity index (χ1) is 15.0. The average molecular weight is 460 g/mol. The lowest BCUT2D eigenvalue weighted by molar-refractivity contribution is 0.591. The van der Waals surface area contributed by atoms with Crippen molar-refractivity contribution < 1.29 is 8.42 Å². The number of fused-ring (bicyclic) bond motifs is 2. The number of rotatable bonds is 7. The lowest BCUT2D eigenvalue weighted by Crippen LogP contribution is -2.25. The summed E-state index contributed by atoms with van der Waals surface area (Å²) >= 11 is 6.16. The Morgan fingerprint density at radius 2 is 2.06 bits per heavy atom. The molecule has 0 aromatic carbocycles. The van der Waals surface area contributed by atoms with E-state index >= 15 is 0 Å². The van der Waals surface area contributed by atoms with Gasteiger partial charge in [-0.25, -0.2) is 18.2 Å². The zero-order chi connectivity index (χ0) is 21.7. The Kier molecular flexibility index (Phi) is 5.10.